The van der Waals surface area contributed by atoms with Crippen LogP contribution in [0.5, 0.6) is 0 Å². The van der Waals surface area contributed by atoms with E-state index in [9.17, 15) is 8.42 Å². The number of piperazine rings is 1. The van der Waals surface area contributed by atoms with Gasteiger partial charge in [-0.3, -0.25) is 0 Å². The highest BCUT2D eigenvalue weighted by Gasteiger charge is 2.21. The molecule has 2 heterocycles. The van der Waals surface area contributed by atoms with Gasteiger partial charge in [0.1, 0.15) is 0 Å². The van der Waals surface area contributed by atoms with Crippen LogP contribution in [-0.2, 0) is 10.0 Å². The van der Waals surface area contributed by atoms with Gasteiger partial charge in [-0.15, -0.1) is 0 Å². The van der Waals surface area contributed by atoms with Crippen LogP contribution in [0.2, 0.25) is 5.02 Å². The molecular weight excluding hydrogens is 382 g/mol. The van der Waals surface area contributed by atoms with Crippen molar-refractivity contribution in [3.05, 3.63) is 71.9 Å². The minimum Gasteiger partial charge on any atom is -0.369 e. The molecule has 1 saturated heterocycles. The largest absolute Gasteiger partial charge is 0.369 e. The molecule has 7 heteroatoms. The SMILES string of the molecule is O=S(=O)(c1cccc(N2CCNCC2)c1)n1cccc1-c1cccc(Cl)c1. The van der Waals surface area contributed by atoms with E-state index < -0.39 is 10.0 Å². The topological polar surface area (TPSA) is 54.3 Å². The lowest BCUT2D eigenvalue weighted by Crippen LogP contribution is -2.43. The predicted molar refractivity (Wildman–Crippen MR) is 109 cm³/mol. The molecule has 0 unspecified atom stereocenters. The van der Waals surface area contributed by atoms with Crippen molar-refractivity contribution in [3.63, 3.8) is 0 Å². The second kappa shape index (κ2) is 7.38. The fraction of sp³-hybridized carbons (Fsp3) is 0.200. The van der Waals surface area contributed by atoms with E-state index in [1.165, 1.54) is 3.97 Å². The summed E-state index contributed by atoms with van der Waals surface area (Å²) in [5, 5.41) is 3.87. The number of hydrogen-bond acceptors (Lipinski definition) is 4. The second-order valence-electron chi connectivity index (χ2n) is 6.44. The van der Waals surface area contributed by atoms with Gasteiger partial charge < -0.3 is 10.2 Å². The Labute approximate surface area is 164 Å². The Morgan fingerprint density at radius 3 is 2.48 bits per heavy atom. The van der Waals surface area contributed by atoms with E-state index in [2.05, 4.69) is 10.2 Å². The van der Waals surface area contributed by atoms with E-state index in [-0.39, 0.29) is 4.90 Å². The van der Waals surface area contributed by atoms with E-state index in [0.29, 0.717) is 10.7 Å². The number of hydrogen-bond donors (Lipinski definition) is 1. The Morgan fingerprint density at radius 1 is 0.926 bits per heavy atom. The highest BCUT2D eigenvalue weighted by molar-refractivity contribution is 7.90. The van der Waals surface area contributed by atoms with Crippen LogP contribution in [0.15, 0.2) is 71.8 Å². The first-order chi connectivity index (χ1) is 13.1. The van der Waals surface area contributed by atoms with Crippen LogP contribution in [0.1, 0.15) is 0 Å². The average Bonchev–Trinajstić information content (AvgIpc) is 3.20. The molecule has 1 aliphatic heterocycles. The molecule has 0 bridgehead atoms. The minimum absolute atomic E-state index is 0.276. The maximum Gasteiger partial charge on any atom is 0.268 e. The second-order valence-corrected chi connectivity index (χ2v) is 8.69. The Bertz CT molecular complexity index is 1060. The number of benzene rings is 2. The first kappa shape index (κ1) is 18.1. The number of halogens is 1. The number of anilines is 1. The fourth-order valence-corrected chi connectivity index (χ4v) is 4.92. The molecule has 5 nitrogen and oxygen atoms in total. The van der Waals surface area contributed by atoms with E-state index in [1.54, 1.807) is 48.7 Å². The quantitative estimate of drug-likeness (QED) is 0.727. The third-order valence-electron chi connectivity index (χ3n) is 4.69. The number of aromatic nitrogens is 1. The summed E-state index contributed by atoms with van der Waals surface area (Å²) < 4.78 is 27.9. The molecule has 2 aromatic carbocycles. The average molecular weight is 402 g/mol. The molecule has 27 heavy (non-hydrogen) atoms. The van der Waals surface area contributed by atoms with E-state index in [1.807, 2.05) is 18.2 Å². The molecule has 0 spiro atoms. The molecule has 0 atom stereocenters. The molecule has 4 rings (SSSR count). The fourth-order valence-electron chi connectivity index (χ4n) is 3.32. The van der Waals surface area contributed by atoms with Crippen LogP contribution >= 0.6 is 11.6 Å². The van der Waals surface area contributed by atoms with E-state index in [0.717, 1.165) is 37.4 Å². The van der Waals surface area contributed by atoms with Crippen LogP contribution in [0, 0.1) is 0 Å². The summed E-state index contributed by atoms with van der Waals surface area (Å²) in [4.78, 5) is 2.47. The minimum atomic E-state index is -3.72. The smallest absolute Gasteiger partial charge is 0.268 e. The van der Waals surface area contributed by atoms with Crippen LogP contribution in [0.4, 0.5) is 5.69 Å². The lowest BCUT2D eigenvalue weighted by molar-refractivity contribution is 0.584. The van der Waals surface area contributed by atoms with E-state index >= 15 is 0 Å². The summed E-state index contributed by atoms with van der Waals surface area (Å²) in [6.07, 6.45) is 1.57. The maximum atomic E-state index is 13.3. The van der Waals surface area contributed by atoms with Crippen molar-refractivity contribution in [3.8, 4) is 11.3 Å². The molecule has 1 N–H and O–H groups in total. The third kappa shape index (κ3) is 3.60. The highest BCUT2D eigenvalue weighted by Crippen LogP contribution is 2.28. The number of nitrogens with zero attached hydrogens (tertiary/aromatic N) is 2. The van der Waals surface area contributed by atoms with E-state index in [4.69, 9.17) is 11.6 Å². The maximum absolute atomic E-state index is 13.3. The summed E-state index contributed by atoms with van der Waals surface area (Å²) in [6.45, 7) is 3.52. The van der Waals surface area contributed by atoms with Crippen LogP contribution in [0.25, 0.3) is 11.3 Å². The van der Waals surface area contributed by atoms with Crippen LogP contribution in [0.3, 0.4) is 0 Å². The lowest BCUT2D eigenvalue weighted by Gasteiger charge is -2.29. The monoisotopic (exact) mass is 401 g/mol. The summed E-state index contributed by atoms with van der Waals surface area (Å²) in [5.74, 6) is 0. The summed E-state index contributed by atoms with van der Waals surface area (Å²) >= 11 is 6.08. The first-order valence-electron chi connectivity index (χ1n) is 8.80. The summed E-state index contributed by atoms with van der Waals surface area (Å²) in [6, 6.07) is 17.9. The molecule has 0 saturated carbocycles. The van der Waals surface area contributed by atoms with Crippen molar-refractivity contribution in [1.29, 1.82) is 0 Å². The van der Waals surface area contributed by atoms with Gasteiger partial charge in [0.2, 0.25) is 0 Å². The van der Waals surface area contributed by atoms with Gasteiger partial charge in [-0.05, 0) is 42.5 Å². The number of rotatable bonds is 4. The Balaban J connectivity index is 1.74. The van der Waals surface area contributed by atoms with Crippen molar-refractivity contribution >= 4 is 27.3 Å². The third-order valence-corrected chi connectivity index (χ3v) is 6.61. The Hall–Kier alpha value is -2.28. The molecule has 140 valence electrons. The molecule has 0 aliphatic carbocycles. The lowest BCUT2D eigenvalue weighted by atomic mass is 10.2. The van der Waals surface area contributed by atoms with Crippen molar-refractivity contribution in [2.24, 2.45) is 0 Å². The van der Waals surface area contributed by atoms with Crippen molar-refractivity contribution in [2.45, 2.75) is 4.90 Å². The Morgan fingerprint density at radius 2 is 1.70 bits per heavy atom. The zero-order chi connectivity index (χ0) is 18.9. The van der Waals surface area contributed by atoms with Gasteiger partial charge in [-0.1, -0.05) is 29.8 Å². The molecule has 0 amide bonds. The van der Waals surface area contributed by atoms with Crippen LogP contribution < -0.4 is 10.2 Å². The number of nitrogens with one attached hydrogen (secondary N) is 1. The molecule has 1 aromatic heterocycles. The van der Waals surface area contributed by atoms with Gasteiger partial charge in [0.25, 0.3) is 10.0 Å². The summed E-state index contributed by atoms with van der Waals surface area (Å²) in [5.41, 5.74) is 2.27. The van der Waals surface area contributed by atoms with Gasteiger partial charge in [-0.2, -0.15) is 0 Å². The highest BCUT2D eigenvalue weighted by atomic mass is 35.5. The molecule has 1 fully saturated rings. The molecule has 1 aliphatic rings. The zero-order valence-corrected chi connectivity index (χ0v) is 16.2. The standard InChI is InChI=1S/C20H20ClN3O2S/c21-17-5-1-4-16(14-17)20-8-3-11-24(20)27(25,26)19-7-2-6-18(15-19)23-12-9-22-10-13-23/h1-8,11,14-15,22H,9-10,12-13H2. The van der Waals surface area contributed by atoms with Crippen molar-refractivity contribution < 1.29 is 8.42 Å². The van der Waals surface area contributed by atoms with Crippen molar-refractivity contribution in [1.82, 2.24) is 9.29 Å². The van der Waals surface area contributed by atoms with Gasteiger partial charge in [-0.25, -0.2) is 12.4 Å². The zero-order valence-electron chi connectivity index (χ0n) is 14.7. The molecule has 3 aromatic rings. The van der Waals surface area contributed by atoms with Crippen LogP contribution in [-0.4, -0.2) is 38.6 Å². The molecular formula is C20H20ClN3O2S. The van der Waals surface area contributed by atoms with Gasteiger partial charge in [0, 0.05) is 48.6 Å². The summed E-state index contributed by atoms with van der Waals surface area (Å²) in [7, 11) is -3.72. The van der Waals surface area contributed by atoms with Crippen molar-refractivity contribution in [2.75, 3.05) is 31.1 Å². The Kier molecular flexibility index (Phi) is 4.95. The van der Waals surface area contributed by atoms with Gasteiger partial charge in [0.05, 0.1) is 10.6 Å². The predicted octanol–water partition coefficient (Wildman–Crippen LogP) is 3.46. The normalized spacial score (nSPS) is 15.1. The van der Waals surface area contributed by atoms with Gasteiger partial charge >= 0.3 is 0 Å². The first-order valence-corrected chi connectivity index (χ1v) is 10.6. The molecule has 0 radical (unpaired) electrons. The van der Waals surface area contributed by atoms with Gasteiger partial charge in [0.15, 0.2) is 0 Å².